The van der Waals surface area contributed by atoms with Gasteiger partial charge in [0.2, 0.25) is 0 Å². The van der Waals surface area contributed by atoms with Gasteiger partial charge in [0.05, 0.1) is 0 Å². The number of nitrogens with zero attached hydrogens (tertiary/aromatic N) is 1. The maximum Gasteiger partial charge on any atom is 0.415 e. The number of ether oxygens (including phenoxy) is 1. The highest BCUT2D eigenvalue weighted by Crippen LogP contribution is 2.18. The van der Waals surface area contributed by atoms with Gasteiger partial charge in [0, 0.05) is 26.2 Å². The lowest BCUT2D eigenvalue weighted by Crippen LogP contribution is -2.44. The molecular formula is C17H23N3O3. The number of para-hydroxylation sites is 1. The van der Waals surface area contributed by atoms with Gasteiger partial charge in [-0.05, 0) is 30.9 Å². The lowest BCUT2D eigenvalue weighted by molar-refractivity contribution is 0.130. The Morgan fingerprint density at radius 3 is 2.57 bits per heavy atom. The van der Waals surface area contributed by atoms with E-state index in [4.69, 9.17) is 4.74 Å². The van der Waals surface area contributed by atoms with Gasteiger partial charge < -0.3 is 20.3 Å². The monoisotopic (exact) mass is 317 g/mol. The molecule has 0 radical (unpaired) electrons. The second-order valence-electron chi connectivity index (χ2n) is 5.49. The molecule has 0 aliphatic carbocycles. The van der Waals surface area contributed by atoms with E-state index in [-0.39, 0.29) is 12.1 Å². The first-order valence-corrected chi connectivity index (χ1v) is 7.83. The Kier molecular flexibility index (Phi) is 6.47. The molecule has 124 valence electrons. The van der Waals surface area contributed by atoms with E-state index in [1.54, 1.807) is 23.1 Å². The summed E-state index contributed by atoms with van der Waals surface area (Å²) in [5.74, 6) is 0.936. The minimum Gasteiger partial charge on any atom is -0.410 e. The van der Waals surface area contributed by atoms with E-state index in [1.807, 2.05) is 18.2 Å². The number of amides is 3. The molecule has 3 amide bonds. The third-order valence-corrected chi connectivity index (χ3v) is 3.78. The van der Waals surface area contributed by atoms with Crippen LogP contribution in [0.5, 0.6) is 5.75 Å². The zero-order chi connectivity index (χ0) is 16.5. The molecule has 0 saturated carbocycles. The fraction of sp³-hybridized carbons (Fsp3) is 0.412. The molecule has 1 aliphatic heterocycles. The first-order valence-electron chi connectivity index (χ1n) is 7.83. The minimum absolute atomic E-state index is 0.184. The van der Waals surface area contributed by atoms with Gasteiger partial charge in [-0.2, -0.15) is 0 Å². The Balaban J connectivity index is 1.68. The van der Waals surface area contributed by atoms with Crippen LogP contribution in [0.3, 0.4) is 0 Å². The number of nitrogens with one attached hydrogen (secondary N) is 2. The quantitative estimate of drug-likeness (QED) is 0.819. The standard InChI is InChI=1S/C17H23N3O3/c1-2-10-18-16(21)19-13-14-8-11-20(12-9-14)17(22)23-15-6-4-3-5-7-15/h2-7,14H,1,8-13H2,(H2,18,19,21). The summed E-state index contributed by atoms with van der Waals surface area (Å²) >= 11 is 0. The van der Waals surface area contributed by atoms with E-state index in [0.717, 1.165) is 12.8 Å². The third kappa shape index (κ3) is 5.65. The number of rotatable bonds is 5. The fourth-order valence-electron chi connectivity index (χ4n) is 2.44. The van der Waals surface area contributed by atoms with Crippen LogP contribution in [0, 0.1) is 5.92 Å². The molecule has 6 heteroatoms. The summed E-state index contributed by atoms with van der Waals surface area (Å²) in [4.78, 5) is 25.2. The number of piperidine rings is 1. The molecule has 1 aliphatic rings. The van der Waals surface area contributed by atoms with Gasteiger partial charge in [0.1, 0.15) is 5.75 Å². The first kappa shape index (κ1) is 16.9. The molecule has 0 bridgehead atoms. The van der Waals surface area contributed by atoms with Crippen LogP contribution >= 0.6 is 0 Å². The number of likely N-dealkylation sites (tertiary alicyclic amines) is 1. The number of benzene rings is 1. The Morgan fingerprint density at radius 1 is 1.22 bits per heavy atom. The summed E-state index contributed by atoms with van der Waals surface area (Å²) in [7, 11) is 0. The molecule has 1 heterocycles. The number of hydrogen-bond donors (Lipinski definition) is 2. The van der Waals surface area contributed by atoms with E-state index >= 15 is 0 Å². The average molecular weight is 317 g/mol. The molecule has 2 rings (SSSR count). The van der Waals surface area contributed by atoms with Crippen LogP contribution in [0.25, 0.3) is 0 Å². The van der Waals surface area contributed by atoms with E-state index in [0.29, 0.717) is 37.8 Å². The van der Waals surface area contributed by atoms with Gasteiger partial charge in [-0.3, -0.25) is 0 Å². The molecule has 0 unspecified atom stereocenters. The highest BCUT2D eigenvalue weighted by Gasteiger charge is 2.24. The number of urea groups is 1. The molecule has 6 nitrogen and oxygen atoms in total. The normalized spacial score (nSPS) is 14.9. The van der Waals surface area contributed by atoms with Crippen molar-refractivity contribution in [3.8, 4) is 5.75 Å². The van der Waals surface area contributed by atoms with Crippen molar-refractivity contribution in [2.75, 3.05) is 26.2 Å². The maximum atomic E-state index is 12.1. The molecule has 1 saturated heterocycles. The van der Waals surface area contributed by atoms with Crippen LogP contribution in [-0.4, -0.2) is 43.2 Å². The van der Waals surface area contributed by atoms with Crippen molar-refractivity contribution in [3.05, 3.63) is 43.0 Å². The topological polar surface area (TPSA) is 70.7 Å². The molecule has 0 spiro atoms. The molecule has 23 heavy (non-hydrogen) atoms. The summed E-state index contributed by atoms with van der Waals surface area (Å²) in [6, 6.07) is 8.87. The van der Waals surface area contributed by atoms with E-state index in [9.17, 15) is 9.59 Å². The van der Waals surface area contributed by atoms with Crippen LogP contribution in [0.2, 0.25) is 0 Å². The predicted molar refractivity (Wildman–Crippen MR) is 88.4 cm³/mol. The van der Waals surface area contributed by atoms with Crippen LogP contribution in [0.15, 0.2) is 43.0 Å². The SMILES string of the molecule is C=CCNC(=O)NCC1CCN(C(=O)Oc2ccccc2)CC1. The second-order valence-corrected chi connectivity index (χ2v) is 5.49. The van der Waals surface area contributed by atoms with Gasteiger partial charge in [0.25, 0.3) is 0 Å². The van der Waals surface area contributed by atoms with E-state index < -0.39 is 0 Å². The maximum absolute atomic E-state index is 12.1. The number of carbonyl (C=O) groups is 2. The molecule has 1 aromatic carbocycles. The summed E-state index contributed by atoms with van der Waals surface area (Å²) in [6.07, 6.45) is 3.03. The van der Waals surface area contributed by atoms with Crippen molar-refractivity contribution >= 4 is 12.1 Å². The summed E-state index contributed by atoms with van der Waals surface area (Å²) < 4.78 is 5.33. The van der Waals surface area contributed by atoms with Gasteiger partial charge in [-0.25, -0.2) is 9.59 Å². The lowest BCUT2D eigenvalue weighted by Gasteiger charge is -2.31. The van der Waals surface area contributed by atoms with Crippen LogP contribution in [0.4, 0.5) is 9.59 Å². The molecule has 0 atom stereocenters. The fourth-order valence-corrected chi connectivity index (χ4v) is 2.44. The van der Waals surface area contributed by atoms with E-state index in [2.05, 4.69) is 17.2 Å². The highest BCUT2D eigenvalue weighted by atomic mass is 16.6. The molecular weight excluding hydrogens is 294 g/mol. The van der Waals surface area contributed by atoms with Crippen LogP contribution in [0.1, 0.15) is 12.8 Å². The summed E-state index contributed by atoms with van der Waals surface area (Å²) in [5.41, 5.74) is 0. The predicted octanol–water partition coefficient (Wildman–Crippen LogP) is 2.38. The number of carbonyl (C=O) groups excluding carboxylic acids is 2. The highest BCUT2D eigenvalue weighted by molar-refractivity contribution is 5.74. The third-order valence-electron chi connectivity index (χ3n) is 3.78. The lowest BCUT2D eigenvalue weighted by atomic mass is 9.97. The first-order chi connectivity index (χ1) is 11.2. The van der Waals surface area contributed by atoms with Crippen molar-refractivity contribution in [3.63, 3.8) is 0 Å². The minimum atomic E-state index is -0.314. The second kappa shape index (κ2) is 8.82. The average Bonchev–Trinajstić information content (AvgIpc) is 2.59. The number of hydrogen-bond acceptors (Lipinski definition) is 3. The van der Waals surface area contributed by atoms with Gasteiger partial charge in [0.15, 0.2) is 0 Å². The van der Waals surface area contributed by atoms with Gasteiger partial charge >= 0.3 is 12.1 Å². The van der Waals surface area contributed by atoms with Crippen molar-refractivity contribution in [1.29, 1.82) is 0 Å². The largest absolute Gasteiger partial charge is 0.415 e. The Hall–Kier alpha value is -2.50. The van der Waals surface area contributed by atoms with Crippen molar-refractivity contribution in [2.45, 2.75) is 12.8 Å². The molecule has 1 aromatic rings. The van der Waals surface area contributed by atoms with Crippen LogP contribution < -0.4 is 15.4 Å². The van der Waals surface area contributed by atoms with Crippen molar-refractivity contribution in [2.24, 2.45) is 5.92 Å². The Bertz CT molecular complexity index is 525. The zero-order valence-electron chi connectivity index (χ0n) is 13.2. The van der Waals surface area contributed by atoms with Gasteiger partial charge in [-0.1, -0.05) is 24.3 Å². The Labute approximate surface area is 136 Å². The molecule has 0 aromatic heterocycles. The summed E-state index contributed by atoms with van der Waals surface area (Å²) in [6.45, 7) is 5.91. The van der Waals surface area contributed by atoms with Gasteiger partial charge in [-0.15, -0.1) is 6.58 Å². The molecule has 2 N–H and O–H groups in total. The van der Waals surface area contributed by atoms with Crippen molar-refractivity contribution in [1.82, 2.24) is 15.5 Å². The smallest absolute Gasteiger partial charge is 0.410 e. The van der Waals surface area contributed by atoms with Crippen LogP contribution in [-0.2, 0) is 0 Å². The molecule has 1 fully saturated rings. The van der Waals surface area contributed by atoms with Crippen molar-refractivity contribution < 1.29 is 14.3 Å². The zero-order valence-corrected chi connectivity index (χ0v) is 13.2. The Morgan fingerprint density at radius 2 is 1.91 bits per heavy atom. The summed E-state index contributed by atoms with van der Waals surface area (Å²) in [5, 5.41) is 5.51. The van der Waals surface area contributed by atoms with E-state index in [1.165, 1.54) is 0 Å².